The van der Waals surface area contributed by atoms with Crippen LogP contribution >= 0.6 is 0 Å². The first-order valence-electron chi connectivity index (χ1n) is 8.40. The normalized spacial score (nSPS) is 10.5. The minimum absolute atomic E-state index is 0.358. The van der Waals surface area contributed by atoms with Gasteiger partial charge in [0.05, 0.1) is 0 Å². The fraction of sp³-hybridized carbons (Fsp3) is 0. The van der Waals surface area contributed by atoms with Crippen molar-refractivity contribution >= 4 is 0 Å². The smallest absolute Gasteiger partial charge is 0.139 e. The molecule has 0 aliphatic rings. The topological polar surface area (TPSA) is 9.23 Å². The third kappa shape index (κ3) is 3.50. The molecule has 1 nitrogen and oxygen atoms in total. The van der Waals surface area contributed by atoms with Crippen LogP contribution in [-0.2, 0) is 0 Å². The Labute approximate surface area is 152 Å². The lowest BCUT2D eigenvalue weighted by Crippen LogP contribution is -1.88. The highest BCUT2D eigenvalue weighted by Crippen LogP contribution is 2.30. The summed E-state index contributed by atoms with van der Waals surface area (Å²) < 4.78 is 20.4. The maximum atomic E-state index is 14.6. The van der Waals surface area contributed by atoms with E-state index in [9.17, 15) is 4.39 Å². The third-order valence-electron chi connectivity index (χ3n) is 4.11. The van der Waals surface area contributed by atoms with E-state index in [4.69, 9.17) is 4.74 Å². The largest absolute Gasteiger partial charge is 0.457 e. The minimum atomic E-state index is -0.358. The van der Waals surface area contributed by atoms with Crippen LogP contribution in [0.15, 0.2) is 97.1 Å². The van der Waals surface area contributed by atoms with Gasteiger partial charge in [-0.2, -0.15) is 0 Å². The lowest BCUT2D eigenvalue weighted by atomic mass is 9.99. The zero-order chi connectivity index (χ0) is 17.8. The van der Waals surface area contributed by atoms with E-state index in [1.807, 2.05) is 91.0 Å². The number of halogens is 1. The molecule has 0 amide bonds. The van der Waals surface area contributed by atoms with Gasteiger partial charge in [-0.05, 0) is 41.0 Å². The van der Waals surface area contributed by atoms with Gasteiger partial charge in [-0.15, -0.1) is 0 Å². The predicted molar refractivity (Wildman–Crippen MR) is 103 cm³/mol. The van der Waals surface area contributed by atoms with Crippen molar-refractivity contribution in [3.63, 3.8) is 0 Å². The molecular weight excluding hydrogens is 323 g/mol. The fourth-order valence-corrected chi connectivity index (χ4v) is 2.83. The van der Waals surface area contributed by atoms with E-state index in [-0.39, 0.29) is 5.82 Å². The first kappa shape index (κ1) is 16.1. The maximum Gasteiger partial charge on any atom is 0.139 e. The van der Waals surface area contributed by atoms with Gasteiger partial charge in [0.2, 0.25) is 0 Å². The SMILES string of the molecule is Fc1[c]c(-c2cccc(Oc3ccccc3)c2)ccc1-c1ccccc1. The van der Waals surface area contributed by atoms with Crippen LogP contribution in [0, 0.1) is 11.9 Å². The lowest BCUT2D eigenvalue weighted by molar-refractivity contribution is 0.483. The zero-order valence-electron chi connectivity index (χ0n) is 14.0. The van der Waals surface area contributed by atoms with Crippen molar-refractivity contribution in [1.29, 1.82) is 0 Å². The number of para-hydroxylation sites is 1. The Kier molecular flexibility index (Phi) is 4.48. The van der Waals surface area contributed by atoms with Crippen molar-refractivity contribution < 1.29 is 9.13 Å². The molecule has 125 valence electrons. The molecule has 0 spiro atoms. The molecule has 4 aromatic rings. The standard InChI is InChI=1S/C24H16FO/c25-24-17-20(14-15-23(24)18-8-3-1-4-9-18)19-10-7-13-22(16-19)26-21-11-5-2-6-12-21/h1-16H. The molecule has 0 atom stereocenters. The van der Waals surface area contributed by atoms with Gasteiger partial charge in [0.1, 0.15) is 17.3 Å². The molecule has 4 aromatic carbocycles. The third-order valence-corrected chi connectivity index (χ3v) is 4.11. The van der Waals surface area contributed by atoms with E-state index >= 15 is 0 Å². The molecule has 0 bridgehead atoms. The van der Waals surface area contributed by atoms with Crippen molar-refractivity contribution in [2.24, 2.45) is 0 Å². The number of hydrogen-bond donors (Lipinski definition) is 0. The summed E-state index contributed by atoms with van der Waals surface area (Å²) in [6, 6.07) is 33.2. The average Bonchev–Trinajstić information content (AvgIpc) is 2.69. The second kappa shape index (κ2) is 7.24. The summed E-state index contributed by atoms with van der Waals surface area (Å²) in [6.45, 7) is 0. The van der Waals surface area contributed by atoms with Crippen LogP contribution in [-0.4, -0.2) is 0 Å². The number of ether oxygens (including phenoxy) is 1. The molecule has 2 heteroatoms. The van der Waals surface area contributed by atoms with Crippen LogP contribution in [0.25, 0.3) is 22.3 Å². The average molecular weight is 339 g/mol. The molecule has 0 unspecified atom stereocenters. The molecular formula is C24H16FO. The molecule has 0 aliphatic carbocycles. The summed E-state index contributed by atoms with van der Waals surface area (Å²) in [6.07, 6.45) is 0. The number of hydrogen-bond acceptors (Lipinski definition) is 1. The summed E-state index contributed by atoms with van der Waals surface area (Å²) in [5.41, 5.74) is 2.94. The zero-order valence-corrected chi connectivity index (χ0v) is 14.0. The molecule has 0 aliphatic heterocycles. The second-order valence-electron chi connectivity index (χ2n) is 5.91. The Morgan fingerprint density at radius 1 is 0.615 bits per heavy atom. The molecule has 0 aromatic heterocycles. The van der Waals surface area contributed by atoms with Gasteiger partial charge in [0.15, 0.2) is 0 Å². The maximum absolute atomic E-state index is 14.6. The van der Waals surface area contributed by atoms with E-state index in [1.54, 1.807) is 6.07 Å². The monoisotopic (exact) mass is 339 g/mol. The summed E-state index contributed by atoms with van der Waals surface area (Å²) in [4.78, 5) is 0. The van der Waals surface area contributed by atoms with Crippen molar-refractivity contribution in [2.45, 2.75) is 0 Å². The lowest BCUT2D eigenvalue weighted by Gasteiger charge is -2.09. The van der Waals surface area contributed by atoms with Crippen molar-refractivity contribution in [2.75, 3.05) is 0 Å². The molecule has 0 N–H and O–H groups in total. The van der Waals surface area contributed by atoms with E-state index in [0.717, 1.165) is 16.9 Å². The predicted octanol–water partition coefficient (Wildman–Crippen LogP) is 6.75. The Morgan fingerprint density at radius 2 is 1.27 bits per heavy atom. The van der Waals surface area contributed by atoms with E-state index in [0.29, 0.717) is 16.9 Å². The van der Waals surface area contributed by atoms with Crippen molar-refractivity contribution in [1.82, 2.24) is 0 Å². The van der Waals surface area contributed by atoms with Gasteiger partial charge in [0.25, 0.3) is 0 Å². The van der Waals surface area contributed by atoms with E-state index in [1.165, 1.54) is 0 Å². The van der Waals surface area contributed by atoms with Crippen LogP contribution in [0.4, 0.5) is 4.39 Å². The molecule has 0 fully saturated rings. The summed E-state index contributed by atoms with van der Waals surface area (Å²) >= 11 is 0. The first-order valence-corrected chi connectivity index (χ1v) is 8.40. The van der Waals surface area contributed by atoms with Gasteiger partial charge >= 0.3 is 0 Å². The molecule has 0 saturated carbocycles. The summed E-state index contributed by atoms with van der Waals surface area (Å²) in [5.74, 6) is 1.11. The second-order valence-corrected chi connectivity index (χ2v) is 5.91. The van der Waals surface area contributed by atoms with Crippen LogP contribution < -0.4 is 4.74 Å². The van der Waals surface area contributed by atoms with Crippen LogP contribution in [0.3, 0.4) is 0 Å². The van der Waals surface area contributed by atoms with Crippen LogP contribution in [0.5, 0.6) is 11.5 Å². The van der Waals surface area contributed by atoms with Crippen LogP contribution in [0.1, 0.15) is 0 Å². The Morgan fingerprint density at radius 3 is 2.00 bits per heavy atom. The summed E-state index contributed by atoms with van der Waals surface area (Å²) in [7, 11) is 0. The van der Waals surface area contributed by atoms with Gasteiger partial charge in [-0.25, -0.2) is 4.39 Å². The highest BCUT2D eigenvalue weighted by molar-refractivity contribution is 5.71. The quantitative estimate of drug-likeness (QED) is 0.399. The minimum Gasteiger partial charge on any atom is -0.457 e. The van der Waals surface area contributed by atoms with E-state index in [2.05, 4.69) is 6.07 Å². The first-order chi connectivity index (χ1) is 12.8. The highest BCUT2D eigenvalue weighted by atomic mass is 19.1. The number of rotatable bonds is 4. The highest BCUT2D eigenvalue weighted by Gasteiger charge is 2.08. The van der Waals surface area contributed by atoms with Gasteiger partial charge in [-0.1, -0.05) is 72.8 Å². The van der Waals surface area contributed by atoms with Crippen molar-refractivity contribution in [3.8, 4) is 33.8 Å². The van der Waals surface area contributed by atoms with Gasteiger partial charge in [-0.3, -0.25) is 0 Å². The van der Waals surface area contributed by atoms with Gasteiger partial charge in [0, 0.05) is 11.6 Å². The molecule has 1 radical (unpaired) electrons. The molecule has 0 saturated heterocycles. The van der Waals surface area contributed by atoms with Crippen LogP contribution in [0.2, 0.25) is 0 Å². The Balaban J connectivity index is 1.64. The summed E-state index contributed by atoms with van der Waals surface area (Å²) in [5, 5.41) is 0. The molecule has 4 rings (SSSR count). The molecule has 26 heavy (non-hydrogen) atoms. The Bertz CT molecular complexity index is 1010. The molecule has 0 heterocycles. The fourth-order valence-electron chi connectivity index (χ4n) is 2.83. The number of benzene rings is 4. The van der Waals surface area contributed by atoms with Gasteiger partial charge < -0.3 is 4.74 Å². The van der Waals surface area contributed by atoms with Crippen molar-refractivity contribution in [3.05, 3.63) is 109 Å². The Hall–Kier alpha value is -3.39. The van der Waals surface area contributed by atoms with E-state index < -0.39 is 0 Å².